The Morgan fingerprint density at radius 2 is 1.82 bits per heavy atom. The highest BCUT2D eigenvalue weighted by Crippen LogP contribution is 2.40. The van der Waals surface area contributed by atoms with Crippen molar-refractivity contribution in [1.82, 2.24) is 4.90 Å². The summed E-state index contributed by atoms with van der Waals surface area (Å²) in [7, 11) is 3.41. The highest BCUT2D eigenvalue weighted by Gasteiger charge is 2.50. The first-order valence-electron chi connectivity index (χ1n) is 7.67. The van der Waals surface area contributed by atoms with Crippen LogP contribution in [0.4, 0.5) is 0 Å². The van der Waals surface area contributed by atoms with Crippen LogP contribution in [0.15, 0.2) is 30.3 Å². The molecule has 2 aliphatic rings. The van der Waals surface area contributed by atoms with Crippen LogP contribution < -0.4 is 0 Å². The fourth-order valence-electron chi connectivity index (χ4n) is 3.80. The van der Waals surface area contributed by atoms with E-state index in [2.05, 4.69) is 4.90 Å². The van der Waals surface area contributed by atoms with Crippen LogP contribution in [0, 0.1) is 5.92 Å². The molecule has 2 fully saturated rings. The van der Waals surface area contributed by atoms with Crippen LogP contribution in [0.25, 0.3) is 0 Å². The fraction of sp³-hybridized carbons (Fsp3) is 0.529. The second kappa shape index (κ2) is 6.08. The van der Waals surface area contributed by atoms with Crippen molar-refractivity contribution >= 4 is 11.9 Å². The quantitative estimate of drug-likeness (QED) is 0.798. The van der Waals surface area contributed by atoms with Gasteiger partial charge in [0.15, 0.2) is 0 Å². The maximum atomic E-state index is 12.3. The van der Waals surface area contributed by atoms with Crippen molar-refractivity contribution < 1.29 is 19.1 Å². The molecule has 2 heterocycles. The summed E-state index contributed by atoms with van der Waals surface area (Å²) >= 11 is 0. The van der Waals surface area contributed by atoms with Gasteiger partial charge in [0.1, 0.15) is 6.10 Å². The molecule has 118 valence electrons. The molecule has 0 aromatic heterocycles. The van der Waals surface area contributed by atoms with E-state index in [0.29, 0.717) is 12.0 Å². The molecule has 1 aromatic carbocycles. The average Bonchev–Trinajstić information content (AvgIpc) is 2.81. The lowest BCUT2D eigenvalue weighted by molar-refractivity contribution is -0.152. The Bertz CT molecular complexity index is 559. The molecule has 2 bridgehead atoms. The van der Waals surface area contributed by atoms with E-state index in [1.165, 1.54) is 7.11 Å². The number of nitrogens with zero attached hydrogens (tertiary/aromatic N) is 1. The highest BCUT2D eigenvalue weighted by atomic mass is 16.5. The summed E-state index contributed by atoms with van der Waals surface area (Å²) < 4.78 is 10.6. The summed E-state index contributed by atoms with van der Waals surface area (Å²) in [6.07, 6.45) is 2.17. The lowest BCUT2D eigenvalue weighted by Crippen LogP contribution is -2.53. The van der Waals surface area contributed by atoms with Gasteiger partial charge in [-0.25, -0.2) is 4.79 Å². The number of carbonyl (C=O) groups is 2. The number of piperidine rings is 1. The van der Waals surface area contributed by atoms with Gasteiger partial charge in [0.05, 0.1) is 18.6 Å². The molecule has 2 aliphatic heterocycles. The Labute approximate surface area is 130 Å². The maximum absolute atomic E-state index is 12.3. The number of carbonyl (C=O) groups excluding carboxylic acids is 2. The smallest absolute Gasteiger partial charge is 0.338 e. The maximum Gasteiger partial charge on any atom is 0.338 e. The summed E-state index contributed by atoms with van der Waals surface area (Å²) in [4.78, 5) is 26.5. The minimum absolute atomic E-state index is 0.193. The lowest BCUT2D eigenvalue weighted by Gasteiger charge is -2.40. The minimum Gasteiger partial charge on any atom is -0.469 e. The van der Waals surface area contributed by atoms with Crippen LogP contribution in [0.1, 0.15) is 29.6 Å². The van der Waals surface area contributed by atoms with Crippen molar-refractivity contribution in [2.45, 2.75) is 37.5 Å². The van der Waals surface area contributed by atoms with Crippen LogP contribution >= 0.6 is 0 Å². The number of ether oxygens (including phenoxy) is 2. The minimum atomic E-state index is -0.326. The molecule has 0 amide bonds. The van der Waals surface area contributed by atoms with Crippen molar-refractivity contribution in [2.75, 3.05) is 14.2 Å². The van der Waals surface area contributed by atoms with E-state index in [0.717, 1.165) is 12.8 Å². The molecular weight excluding hydrogens is 282 g/mol. The zero-order valence-electron chi connectivity index (χ0n) is 12.9. The molecule has 0 spiro atoms. The van der Waals surface area contributed by atoms with Crippen LogP contribution in [0.3, 0.4) is 0 Å². The van der Waals surface area contributed by atoms with Gasteiger partial charge in [-0.05, 0) is 32.0 Å². The molecular formula is C17H21NO4. The standard InChI is InChI=1S/C17H21NO4/c1-18-13-8-9-14(18)15(10-12(13)17(20)21-2)22-16(19)11-6-4-3-5-7-11/h3-7,12-15H,8-10H2,1-2H3/t12-,13+,14+,15+/m0/s1. The molecule has 0 aliphatic carbocycles. The molecule has 0 radical (unpaired) electrons. The monoisotopic (exact) mass is 303 g/mol. The summed E-state index contributed by atoms with van der Waals surface area (Å²) in [6, 6.07) is 9.36. The number of methoxy groups -OCH3 is 1. The number of hydrogen-bond acceptors (Lipinski definition) is 5. The first kappa shape index (κ1) is 15.0. The Morgan fingerprint density at radius 1 is 1.14 bits per heavy atom. The van der Waals surface area contributed by atoms with Gasteiger partial charge < -0.3 is 9.47 Å². The summed E-state index contributed by atoms with van der Waals surface area (Å²) in [5.41, 5.74) is 0.542. The van der Waals surface area contributed by atoms with Gasteiger partial charge in [0.25, 0.3) is 0 Å². The van der Waals surface area contributed by atoms with E-state index in [9.17, 15) is 9.59 Å². The Balaban J connectivity index is 1.75. The van der Waals surface area contributed by atoms with E-state index in [-0.39, 0.29) is 36.0 Å². The molecule has 0 saturated carbocycles. The van der Waals surface area contributed by atoms with Crippen molar-refractivity contribution in [1.29, 1.82) is 0 Å². The molecule has 0 N–H and O–H groups in total. The molecule has 3 rings (SSSR count). The number of rotatable bonds is 3. The van der Waals surface area contributed by atoms with Crippen LogP contribution in [-0.4, -0.2) is 49.2 Å². The topological polar surface area (TPSA) is 55.8 Å². The molecule has 5 nitrogen and oxygen atoms in total. The summed E-state index contributed by atoms with van der Waals surface area (Å²) in [5, 5.41) is 0. The van der Waals surface area contributed by atoms with Gasteiger partial charge in [0.2, 0.25) is 0 Å². The normalized spacial score (nSPS) is 30.8. The van der Waals surface area contributed by atoms with Gasteiger partial charge in [-0.3, -0.25) is 9.69 Å². The van der Waals surface area contributed by atoms with Gasteiger partial charge in [-0.2, -0.15) is 0 Å². The third kappa shape index (κ3) is 2.61. The number of benzene rings is 1. The Hall–Kier alpha value is -1.88. The van der Waals surface area contributed by atoms with Crippen molar-refractivity contribution in [3.63, 3.8) is 0 Å². The third-order valence-corrected chi connectivity index (χ3v) is 4.96. The molecule has 4 atom stereocenters. The predicted molar refractivity (Wildman–Crippen MR) is 80.3 cm³/mol. The average molecular weight is 303 g/mol. The zero-order chi connectivity index (χ0) is 15.7. The summed E-state index contributed by atoms with van der Waals surface area (Å²) in [6.45, 7) is 0. The van der Waals surface area contributed by atoms with E-state index < -0.39 is 0 Å². The SMILES string of the molecule is COC(=O)[C@H]1C[C@@H](OC(=O)c2ccccc2)[C@H]2CC[C@H]1N2C. The van der Waals surface area contributed by atoms with Gasteiger partial charge in [-0.15, -0.1) is 0 Å². The first-order chi connectivity index (χ1) is 10.6. The number of esters is 2. The van der Waals surface area contributed by atoms with Crippen molar-refractivity contribution in [3.05, 3.63) is 35.9 Å². The second-order valence-corrected chi connectivity index (χ2v) is 6.05. The third-order valence-electron chi connectivity index (χ3n) is 4.96. The number of hydrogen-bond donors (Lipinski definition) is 0. The molecule has 22 heavy (non-hydrogen) atoms. The molecule has 0 unspecified atom stereocenters. The van der Waals surface area contributed by atoms with E-state index in [4.69, 9.17) is 9.47 Å². The lowest BCUT2D eigenvalue weighted by atomic mass is 9.89. The largest absolute Gasteiger partial charge is 0.469 e. The van der Waals surface area contributed by atoms with Crippen molar-refractivity contribution in [3.8, 4) is 0 Å². The van der Waals surface area contributed by atoms with Crippen molar-refractivity contribution in [2.24, 2.45) is 5.92 Å². The van der Waals surface area contributed by atoms with E-state index in [1.807, 2.05) is 25.2 Å². The van der Waals surface area contributed by atoms with Crippen LogP contribution in [-0.2, 0) is 14.3 Å². The number of likely N-dealkylation sites (N-methyl/N-ethyl adjacent to an activating group) is 1. The molecule has 5 heteroatoms. The second-order valence-electron chi connectivity index (χ2n) is 6.05. The number of fused-ring (bicyclic) bond motifs is 2. The molecule has 2 saturated heterocycles. The van der Waals surface area contributed by atoms with Crippen LogP contribution in [0.2, 0.25) is 0 Å². The fourth-order valence-corrected chi connectivity index (χ4v) is 3.80. The first-order valence-corrected chi connectivity index (χ1v) is 7.67. The predicted octanol–water partition coefficient (Wildman–Crippen LogP) is 1.87. The van der Waals surface area contributed by atoms with Crippen LogP contribution in [0.5, 0.6) is 0 Å². The van der Waals surface area contributed by atoms with Gasteiger partial charge in [-0.1, -0.05) is 18.2 Å². The highest BCUT2D eigenvalue weighted by molar-refractivity contribution is 5.89. The Kier molecular flexibility index (Phi) is 4.16. The zero-order valence-corrected chi connectivity index (χ0v) is 12.9. The van der Waals surface area contributed by atoms with Gasteiger partial charge in [0, 0.05) is 18.5 Å². The molecule has 1 aromatic rings. The summed E-state index contributed by atoms with van der Waals surface area (Å²) in [5.74, 6) is -0.756. The van der Waals surface area contributed by atoms with E-state index >= 15 is 0 Å². The Morgan fingerprint density at radius 3 is 2.50 bits per heavy atom. The van der Waals surface area contributed by atoms with E-state index in [1.54, 1.807) is 12.1 Å². The van der Waals surface area contributed by atoms with Gasteiger partial charge >= 0.3 is 11.9 Å².